The molecular formula is C21H23N3O3. The SMILES string of the molecule is CCc1cccc(C)c1NC(=O)CN1C(=O)N[C@H](Cc2ccccc2)C1=O. The van der Waals surface area contributed by atoms with Gasteiger partial charge in [-0.2, -0.15) is 0 Å². The highest BCUT2D eigenvalue weighted by atomic mass is 16.2. The molecule has 140 valence electrons. The summed E-state index contributed by atoms with van der Waals surface area (Å²) in [4.78, 5) is 38.2. The van der Waals surface area contributed by atoms with E-state index in [4.69, 9.17) is 0 Å². The molecule has 0 aliphatic carbocycles. The molecule has 0 saturated carbocycles. The van der Waals surface area contributed by atoms with Gasteiger partial charge in [0.15, 0.2) is 0 Å². The van der Waals surface area contributed by atoms with Crippen LogP contribution in [0.15, 0.2) is 48.5 Å². The first-order valence-electron chi connectivity index (χ1n) is 9.03. The Bertz CT molecular complexity index is 864. The van der Waals surface area contributed by atoms with Crippen molar-refractivity contribution in [2.45, 2.75) is 32.7 Å². The third-order valence-corrected chi connectivity index (χ3v) is 4.70. The Labute approximate surface area is 158 Å². The quantitative estimate of drug-likeness (QED) is 0.773. The van der Waals surface area contributed by atoms with E-state index >= 15 is 0 Å². The number of amides is 4. The van der Waals surface area contributed by atoms with Crippen LogP contribution in [0.3, 0.4) is 0 Å². The standard InChI is InChI=1S/C21H23N3O3/c1-3-16-11-7-8-14(2)19(16)23-18(25)13-24-20(26)17(22-21(24)27)12-15-9-5-4-6-10-15/h4-11,17H,3,12-13H2,1-2H3,(H,22,27)(H,23,25)/t17-/m1/s1. The van der Waals surface area contributed by atoms with Gasteiger partial charge < -0.3 is 10.6 Å². The van der Waals surface area contributed by atoms with Gasteiger partial charge in [-0.1, -0.05) is 55.5 Å². The van der Waals surface area contributed by atoms with Gasteiger partial charge in [-0.05, 0) is 30.0 Å². The first kappa shape index (κ1) is 18.6. The minimum Gasteiger partial charge on any atom is -0.325 e. The summed E-state index contributed by atoms with van der Waals surface area (Å²) in [5, 5.41) is 5.51. The Morgan fingerprint density at radius 2 is 1.85 bits per heavy atom. The molecule has 0 radical (unpaired) electrons. The molecule has 27 heavy (non-hydrogen) atoms. The summed E-state index contributed by atoms with van der Waals surface area (Å²) in [6.07, 6.45) is 1.18. The number of para-hydroxylation sites is 1. The van der Waals surface area contributed by atoms with Crippen LogP contribution in [0, 0.1) is 6.92 Å². The highest BCUT2D eigenvalue weighted by Gasteiger charge is 2.38. The minimum absolute atomic E-state index is 0.298. The normalized spacial score (nSPS) is 16.4. The van der Waals surface area contributed by atoms with Crippen molar-refractivity contribution in [1.82, 2.24) is 10.2 Å². The molecule has 4 amide bonds. The van der Waals surface area contributed by atoms with Gasteiger partial charge in [0.25, 0.3) is 5.91 Å². The highest BCUT2D eigenvalue weighted by molar-refractivity contribution is 6.08. The summed E-state index contributed by atoms with van der Waals surface area (Å²) in [5.41, 5.74) is 3.66. The van der Waals surface area contributed by atoms with Gasteiger partial charge in [-0.15, -0.1) is 0 Å². The molecule has 3 rings (SSSR count). The molecule has 2 aromatic carbocycles. The van der Waals surface area contributed by atoms with Crippen LogP contribution in [-0.2, 0) is 22.4 Å². The van der Waals surface area contributed by atoms with E-state index < -0.39 is 12.1 Å². The lowest BCUT2D eigenvalue weighted by Gasteiger charge is -2.16. The summed E-state index contributed by atoms with van der Waals surface area (Å²) >= 11 is 0. The molecule has 2 aromatic rings. The summed E-state index contributed by atoms with van der Waals surface area (Å²) in [6, 6.07) is 14.1. The van der Waals surface area contributed by atoms with E-state index in [1.807, 2.05) is 62.4 Å². The van der Waals surface area contributed by atoms with Crippen LogP contribution in [0.2, 0.25) is 0 Å². The Kier molecular flexibility index (Phi) is 5.54. The zero-order valence-electron chi connectivity index (χ0n) is 15.5. The first-order valence-corrected chi connectivity index (χ1v) is 9.03. The third kappa shape index (κ3) is 4.16. The van der Waals surface area contributed by atoms with Crippen LogP contribution >= 0.6 is 0 Å². The fraction of sp³-hybridized carbons (Fsp3) is 0.286. The van der Waals surface area contributed by atoms with Gasteiger partial charge in [0.1, 0.15) is 12.6 Å². The molecule has 2 N–H and O–H groups in total. The fourth-order valence-electron chi connectivity index (χ4n) is 3.24. The molecule has 0 aromatic heterocycles. The minimum atomic E-state index is -0.641. The Balaban J connectivity index is 1.66. The zero-order valence-corrected chi connectivity index (χ0v) is 15.5. The summed E-state index contributed by atoms with van der Waals surface area (Å²) in [6.45, 7) is 3.63. The van der Waals surface area contributed by atoms with Crippen LogP contribution in [-0.4, -0.2) is 35.3 Å². The molecule has 1 aliphatic rings. The van der Waals surface area contributed by atoms with E-state index in [2.05, 4.69) is 10.6 Å². The molecule has 0 spiro atoms. The first-order chi connectivity index (χ1) is 13.0. The van der Waals surface area contributed by atoms with E-state index in [0.717, 1.165) is 33.7 Å². The maximum absolute atomic E-state index is 12.6. The number of rotatable bonds is 6. The topological polar surface area (TPSA) is 78.5 Å². The maximum Gasteiger partial charge on any atom is 0.325 e. The van der Waals surface area contributed by atoms with E-state index in [1.54, 1.807) is 0 Å². The lowest BCUT2D eigenvalue weighted by atomic mass is 10.1. The highest BCUT2D eigenvalue weighted by Crippen LogP contribution is 2.21. The van der Waals surface area contributed by atoms with E-state index in [1.165, 1.54) is 0 Å². The third-order valence-electron chi connectivity index (χ3n) is 4.70. The lowest BCUT2D eigenvalue weighted by Crippen LogP contribution is -2.38. The maximum atomic E-state index is 12.6. The number of anilines is 1. The largest absolute Gasteiger partial charge is 0.325 e. The average molecular weight is 365 g/mol. The van der Waals surface area contributed by atoms with Crippen molar-refractivity contribution in [2.75, 3.05) is 11.9 Å². The number of hydrogen-bond donors (Lipinski definition) is 2. The van der Waals surface area contributed by atoms with Gasteiger partial charge in [0.05, 0.1) is 0 Å². The average Bonchev–Trinajstić information content (AvgIpc) is 2.91. The summed E-state index contributed by atoms with van der Waals surface area (Å²) in [7, 11) is 0. The van der Waals surface area contributed by atoms with E-state index in [9.17, 15) is 14.4 Å². The van der Waals surface area contributed by atoms with Gasteiger partial charge in [-0.25, -0.2) is 4.79 Å². The molecule has 1 heterocycles. The van der Waals surface area contributed by atoms with Gasteiger partial charge in [-0.3, -0.25) is 14.5 Å². The molecule has 1 fully saturated rings. The van der Waals surface area contributed by atoms with Gasteiger partial charge >= 0.3 is 6.03 Å². The number of benzene rings is 2. The van der Waals surface area contributed by atoms with Crippen molar-refractivity contribution < 1.29 is 14.4 Å². The molecule has 1 saturated heterocycles. The molecule has 1 aliphatic heterocycles. The van der Waals surface area contributed by atoms with Crippen molar-refractivity contribution >= 4 is 23.5 Å². The van der Waals surface area contributed by atoms with Crippen molar-refractivity contribution in [1.29, 1.82) is 0 Å². The monoisotopic (exact) mass is 365 g/mol. The van der Waals surface area contributed by atoms with E-state index in [0.29, 0.717) is 6.42 Å². The summed E-state index contributed by atoms with van der Waals surface area (Å²) in [5.74, 6) is -0.762. The number of imide groups is 1. The molecule has 6 heteroatoms. The van der Waals surface area contributed by atoms with Crippen molar-refractivity contribution in [3.8, 4) is 0 Å². The number of urea groups is 1. The molecular weight excluding hydrogens is 342 g/mol. The van der Waals surface area contributed by atoms with Crippen LogP contribution in [0.4, 0.5) is 10.5 Å². The lowest BCUT2D eigenvalue weighted by molar-refractivity contribution is -0.130. The van der Waals surface area contributed by atoms with Gasteiger partial charge in [0.2, 0.25) is 5.91 Å². The number of nitrogens with zero attached hydrogens (tertiary/aromatic N) is 1. The number of carbonyl (C=O) groups excluding carboxylic acids is 3. The predicted molar refractivity (Wildman–Crippen MR) is 103 cm³/mol. The number of nitrogens with one attached hydrogen (secondary N) is 2. The van der Waals surface area contributed by atoms with Gasteiger partial charge in [0, 0.05) is 12.1 Å². The Morgan fingerprint density at radius 1 is 1.11 bits per heavy atom. The smallest absolute Gasteiger partial charge is 0.325 e. The van der Waals surface area contributed by atoms with Crippen molar-refractivity contribution in [3.63, 3.8) is 0 Å². The zero-order chi connectivity index (χ0) is 19.4. The van der Waals surface area contributed by atoms with E-state index in [-0.39, 0.29) is 18.4 Å². The molecule has 6 nitrogen and oxygen atoms in total. The molecule has 0 unspecified atom stereocenters. The van der Waals surface area contributed by atoms with Crippen molar-refractivity contribution in [3.05, 3.63) is 65.2 Å². The second-order valence-corrected chi connectivity index (χ2v) is 6.63. The number of aryl methyl sites for hydroxylation is 2. The Hall–Kier alpha value is -3.15. The fourth-order valence-corrected chi connectivity index (χ4v) is 3.24. The second kappa shape index (κ2) is 8.03. The predicted octanol–water partition coefficient (Wildman–Crippen LogP) is 2.66. The van der Waals surface area contributed by atoms with Crippen LogP contribution in [0.25, 0.3) is 0 Å². The van der Waals surface area contributed by atoms with Crippen LogP contribution < -0.4 is 10.6 Å². The van der Waals surface area contributed by atoms with Crippen LogP contribution in [0.1, 0.15) is 23.6 Å². The molecule has 0 bridgehead atoms. The number of carbonyl (C=O) groups is 3. The Morgan fingerprint density at radius 3 is 2.56 bits per heavy atom. The van der Waals surface area contributed by atoms with Crippen LogP contribution in [0.5, 0.6) is 0 Å². The molecule has 1 atom stereocenters. The second-order valence-electron chi connectivity index (χ2n) is 6.63. The van der Waals surface area contributed by atoms with Crippen molar-refractivity contribution in [2.24, 2.45) is 0 Å². The number of hydrogen-bond acceptors (Lipinski definition) is 3. The summed E-state index contributed by atoms with van der Waals surface area (Å²) < 4.78 is 0.